The Bertz CT molecular complexity index is 783. The maximum atomic E-state index is 13.1. The molecule has 3 rings (SSSR count). The molecule has 3 nitrogen and oxygen atoms in total. The SMILES string of the molecule is CCCCCCCCCCCCNc1ccc(N2CC=C(c3ccc(F)cc3)N2)cc1. The molecule has 0 atom stereocenters. The summed E-state index contributed by atoms with van der Waals surface area (Å²) in [5.74, 6) is -0.208. The minimum absolute atomic E-state index is 0.208. The highest BCUT2D eigenvalue weighted by Gasteiger charge is 2.15. The number of anilines is 2. The number of unbranched alkanes of at least 4 members (excludes halogenated alkanes) is 9. The fourth-order valence-electron chi connectivity index (χ4n) is 4.01. The quantitative estimate of drug-likeness (QED) is 0.308. The summed E-state index contributed by atoms with van der Waals surface area (Å²) in [5.41, 5.74) is 7.72. The normalized spacial score (nSPS) is 13.2. The lowest BCUT2D eigenvalue weighted by Crippen LogP contribution is -2.31. The molecule has 0 unspecified atom stereocenters. The van der Waals surface area contributed by atoms with Crippen LogP contribution in [-0.4, -0.2) is 13.1 Å². The Morgan fingerprint density at radius 1 is 0.806 bits per heavy atom. The fourth-order valence-corrected chi connectivity index (χ4v) is 4.01. The predicted molar refractivity (Wildman–Crippen MR) is 132 cm³/mol. The first-order valence-corrected chi connectivity index (χ1v) is 12.1. The van der Waals surface area contributed by atoms with Crippen LogP contribution < -0.4 is 15.8 Å². The average molecular weight is 424 g/mol. The third-order valence-corrected chi connectivity index (χ3v) is 5.93. The van der Waals surface area contributed by atoms with Crippen molar-refractivity contribution in [1.29, 1.82) is 0 Å². The molecule has 0 bridgehead atoms. The molecule has 2 aromatic carbocycles. The number of hydrogen-bond acceptors (Lipinski definition) is 3. The zero-order valence-corrected chi connectivity index (χ0v) is 19.0. The van der Waals surface area contributed by atoms with Crippen LogP contribution >= 0.6 is 0 Å². The number of hydrazine groups is 1. The molecule has 0 amide bonds. The Hall–Kier alpha value is -2.49. The molecule has 0 aromatic heterocycles. The van der Waals surface area contributed by atoms with Crippen molar-refractivity contribution in [3.8, 4) is 0 Å². The molecule has 2 aromatic rings. The van der Waals surface area contributed by atoms with Gasteiger partial charge in [-0.2, -0.15) is 0 Å². The van der Waals surface area contributed by atoms with Crippen LogP contribution in [0.1, 0.15) is 76.7 Å². The van der Waals surface area contributed by atoms with Crippen molar-refractivity contribution in [3.05, 3.63) is 66.0 Å². The number of nitrogens with one attached hydrogen (secondary N) is 2. The summed E-state index contributed by atoms with van der Waals surface area (Å²) in [7, 11) is 0. The van der Waals surface area contributed by atoms with E-state index in [-0.39, 0.29) is 5.82 Å². The molecule has 31 heavy (non-hydrogen) atoms. The average Bonchev–Trinajstić information content (AvgIpc) is 3.29. The monoisotopic (exact) mass is 423 g/mol. The predicted octanol–water partition coefficient (Wildman–Crippen LogP) is 7.52. The van der Waals surface area contributed by atoms with Crippen molar-refractivity contribution in [2.24, 2.45) is 0 Å². The Morgan fingerprint density at radius 3 is 2.06 bits per heavy atom. The van der Waals surface area contributed by atoms with Gasteiger partial charge in [0.2, 0.25) is 0 Å². The first kappa shape index (κ1) is 23.2. The van der Waals surface area contributed by atoms with Gasteiger partial charge in [-0.05, 0) is 66.6 Å². The van der Waals surface area contributed by atoms with Gasteiger partial charge < -0.3 is 5.32 Å². The van der Waals surface area contributed by atoms with E-state index in [0.29, 0.717) is 0 Å². The highest BCUT2D eigenvalue weighted by molar-refractivity contribution is 5.70. The Labute approximate surface area is 187 Å². The van der Waals surface area contributed by atoms with Gasteiger partial charge in [-0.1, -0.05) is 64.7 Å². The van der Waals surface area contributed by atoms with Gasteiger partial charge >= 0.3 is 0 Å². The van der Waals surface area contributed by atoms with Crippen LogP contribution in [-0.2, 0) is 0 Å². The minimum atomic E-state index is -0.208. The van der Waals surface area contributed by atoms with Crippen molar-refractivity contribution in [1.82, 2.24) is 5.43 Å². The standard InChI is InChI=1S/C27H38FN3/c1-2-3-4-5-6-7-8-9-10-11-21-29-25-16-18-26(19-17-25)31-22-20-27(30-31)23-12-14-24(28)15-13-23/h12-20,29-30H,2-11,21-22H2,1H3. The van der Waals surface area contributed by atoms with Crippen LogP contribution in [0.4, 0.5) is 15.8 Å². The summed E-state index contributed by atoms with van der Waals surface area (Å²) < 4.78 is 13.1. The molecule has 1 heterocycles. The third kappa shape index (κ3) is 7.93. The molecule has 168 valence electrons. The molecule has 4 heteroatoms. The zero-order valence-electron chi connectivity index (χ0n) is 19.0. The van der Waals surface area contributed by atoms with Gasteiger partial charge in [0.15, 0.2) is 0 Å². The van der Waals surface area contributed by atoms with Gasteiger partial charge in [-0.15, -0.1) is 0 Å². The highest BCUT2D eigenvalue weighted by Crippen LogP contribution is 2.23. The summed E-state index contributed by atoms with van der Waals surface area (Å²) in [5, 5.41) is 5.64. The highest BCUT2D eigenvalue weighted by atomic mass is 19.1. The summed E-state index contributed by atoms with van der Waals surface area (Å²) in [6, 6.07) is 15.2. The maximum Gasteiger partial charge on any atom is 0.123 e. The summed E-state index contributed by atoms with van der Waals surface area (Å²) in [6.45, 7) is 4.10. The van der Waals surface area contributed by atoms with E-state index in [0.717, 1.165) is 30.0 Å². The first-order chi connectivity index (χ1) is 15.3. The minimum Gasteiger partial charge on any atom is -0.385 e. The smallest absolute Gasteiger partial charge is 0.123 e. The lowest BCUT2D eigenvalue weighted by atomic mass is 10.1. The Kier molecular flexibility index (Phi) is 9.75. The molecule has 0 fully saturated rings. The number of rotatable bonds is 14. The number of nitrogens with zero attached hydrogens (tertiary/aromatic N) is 1. The van der Waals surface area contributed by atoms with Gasteiger partial charge in [0.1, 0.15) is 5.82 Å². The molecule has 2 N–H and O–H groups in total. The molecule has 1 aliphatic heterocycles. The lowest BCUT2D eigenvalue weighted by molar-refractivity contribution is 0.560. The molecular weight excluding hydrogens is 385 g/mol. The Morgan fingerprint density at radius 2 is 1.42 bits per heavy atom. The largest absolute Gasteiger partial charge is 0.385 e. The van der Waals surface area contributed by atoms with Gasteiger partial charge in [0.05, 0.1) is 17.9 Å². The topological polar surface area (TPSA) is 27.3 Å². The second-order valence-corrected chi connectivity index (χ2v) is 8.50. The molecule has 1 aliphatic rings. The van der Waals surface area contributed by atoms with Crippen LogP contribution in [0, 0.1) is 5.82 Å². The fraction of sp³-hybridized carbons (Fsp3) is 0.481. The summed E-state index contributed by atoms with van der Waals surface area (Å²) >= 11 is 0. The van der Waals surface area contributed by atoms with E-state index in [4.69, 9.17) is 0 Å². The zero-order chi connectivity index (χ0) is 21.7. The van der Waals surface area contributed by atoms with Crippen LogP contribution in [0.2, 0.25) is 0 Å². The van der Waals surface area contributed by atoms with Gasteiger partial charge in [0, 0.05) is 12.2 Å². The van der Waals surface area contributed by atoms with E-state index in [2.05, 4.69) is 53.0 Å². The molecule has 0 aliphatic carbocycles. The summed E-state index contributed by atoms with van der Waals surface area (Å²) in [4.78, 5) is 0. The van der Waals surface area contributed by atoms with Crippen molar-refractivity contribution in [2.45, 2.75) is 71.1 Å². The molecular formula is C27H38FN3. The van der Waals surface area contributed by atoms with E-state index >= 15 is 0 Å². The van der Waals surface area contributed by atoms with Crippen molar-refractivity contribution < 1.29 is 4.39 Å². The molecule has 0 saturated carbocycles. The van der Waals surface area contributed by atoms with Crippen LogP contribution in [0.25, 0.3) is 5.70 Å². The molecule has 0 saturated heterocycles. The van der Waals surface area contributed by atoms with E-state index in [1.807, 2.05) is 0 Å². The maximum absolute atomic E-state index is 13.1. The van der Waals surface area contributed by atoms with Crippen molar-refractivity contribution in [3.63, 3.8) is 0 Å². The van der Waals surface area contributed by atoms with Gasteiger partial charge in [0.25, 0.3) is 0 Å². The number of halogens is 1. The van der Waals surface area contributed by atoms with Gasteiger partial charge in [-0.25, -0.2) is 4.39 Å². The second-order valence-electron chi connectivity index (χ2n) is 8.50. The van der Waals surface area contributed by atoms with Gasteiger partial charge in [-0.3, -0.25) is 10.4 Å². The van der Waals surface area contributed by atoms with Crippen molar-refractivity contribution in [2.75, 3.05) is 23.4 Å². The molecule has 0 spiro atoms. The third-order valence-electron chi connectivity index (χ3n) is 5.93. The van der Waals surface area contributed by atoms with Crippen molar-refractivity contribution >= 4 is 17.1 Å². The van der Waals surface area contributed by atoms with E-state index in [9.17, 15) is 4.39 Å². The van der Waals surface area contributed by atoms with E-state index in [1.165, 1.54) is 82.0 Å². The van der Waals surface area contributed by atoms with E-state index < -0.39 is 0 Å². The number of benzene rings is 2. The van der Waals surface area contributed by atoms with Crippen LogP contribution in [0.5, 0.6) is 0 Å². The van der Waals surface area contributed by atoms with E-state index in [1.54, 1.807) is 12.1 Å². The Balaban J connectivity index is 1.28. The lowest BCUT2D eigenvalue weighted by Gasteiger charge is -2.21. The van der Waals surface area contributed by atoms with Crippen LogP contribution in [0.3, 0.4) is 0 Å². The second kappa shape index (κ2) is 13.0. The first-order valence-electron chi connectivity index (χ1n) is 12.1. The molecule has 0 radical (unpaired) electrons. The number of hydrogen-bond donors (Lipinski definition) is 2. The summed E-state index contributed by atoms with van der Waals surface area (Å²) in [6.07, 6.45) is 15.8. The van der Waals surface area contributed by atoms with Crippen LogP contribution in [0.15, 0.2) is 54.6 Å².